The molecule has 1 nitrogen and oxygen atoms in total. The van der Waals surface area contributed by atoms with Crippen LogP contribution in [0.5, 0.6) is 0 Å². The Labute approximate surface area is 92.7 Å². The molecule has 0 amide bonds. The van der Waals surface area contributed by atoms with Crippen molar-refractivity contribution < 1.29 is 0 Å². The Bertz CT molecular complexity index is 344. The van der Waals surface area contributed by atoms with E-state index < -0.39 is 0 Å². The minimum absolute atomic E-state index is 0.777. The minimum atomic E-state index is 0.777. The first-order valence-electron chi connectivity index (χ1n) is 5.63. The van der Waals surface area contributed by atoms with Crippen molar-refractivity contribution in [1.82, 2.24) is 0 Å². The lowest BCUT2D eigenvalue weighted by Gasteiger charge is -1.98. The van der Waals surface area contributed by atoms with Crippen molar-refractivity contribution in [3.05, 3.63) is 29.8 Å². The van der Waals surface area contributed by atoms with Gasteiger partial charge in [0.2, 0.25) is 0 Å². The molecule has 0 spiro atoms. The van der Waals surface area contributed by atoms with Crippen LogP contribution in [-0.2, 0) is 6.42 Å². The highest BCUT2D eigenvalue weighted by Gasteiger charge is 1.93. The molecule has 0 unspecified atom stereocenters. The fraction of sp³-hybridized carbons (Fsp3) is 0.429. The highest BCUT2D eigenvalue weighted by Crippen LogP contribution is 2.10. The monoisotopic (exact) mass is 201 g/mol. The van der Waals surface area contributed by atoms with Crippen molar-refractivity contribution in [1.29, 1.82) is 0 Å². The smallest absolute Gasteiger partial charge is 0.0360 e. The first-order valence-corrected chi connectivity index (χ1v) is 5.63. The number of hydrogen-bond donors (Lipinski definition) is 1. The lowest BCUT2D eigenvalue weighted by molar-refractivity contribution is 0.737. The molecule has 0 bridgehead atoms. The summed E-state index contributed by atoms with van der Waals surface area (Å²) >= 11 is 0. The molecule has 80 valence electrons. The van der Waals surface area contributed by atoms with Gasteiger partial charge in [-0.2, -0.15) is 0 Å². The molecular weight excluding hydrogens is 182 g/mol. The fourth-order valence-corrected chi connectivity index (χ4v) is 1.40. The van der Waals surface area contributed by atoms with E-state index in [0.29, 0.717) is 0 Å². The van der Waals surface area contributed by atoms with Crippen LogP contribution in [-0.4, -0.2) is 0 Å². The first kappa shape index (κ1) is 11.7. The van der Waals surface area contributed by atoms with Gasteiger partial charge in [-0.25, -0.2) is 0 Å². The maximum absolute atomic E-state index is 5.82. The van der Waals surface area contributed by atoms with Crippen LogP contribution in [0.1, 0.15) is 38.2 Å². The summed E-state index contributed by atoms with van der Waals surface area (Å²) in [6.07, 6.45) is 5.54. The van der Waals surface area contributed by atoms with Crippen molar-refractivity contribution in [2.75, 3.05) is 5.73 Å². The van der Waals surface area contributed by atoms with E-state index in [9.17, 15) is 0 Å². The summed E-state index contributed by atoms with van der Waals surface area (Å²) in [5.41, 5.74) is 7.80. The number of para-hydroxylation sites is 1. The molecule has 0 aliphatic heterocycles. The SMILES string of the molecule is CCCCCC#CCc1ccccc1N. The fourth-order valence-electron chi connectivity index (χ4n) is 1.40. The van der Waals surface area contributed by atoms with E-state index in [4.69, 9.17) is 5.73 Å². The summed E-state index contributed by atoms with van der Waals surface area (Å²) in [4.78, 5) is 0. The third kappa shape index (κ3) is 4.56. The van der Waals surface area contributed by atoms with Crippen LogP contribution in [0.3, 0.4) is 0 Å². The summed E-state index contributed by atoms with van der Waals surface area (Å²) in [5, 5.41) is 0. The molecule has 2 N–H and O–H groups in total. The Morgan fingerprint density at radius 2 is 1.93 bits per heavy atom. The molecule has 1 aromatic carbocycles. The van der Waals surface area contributed by atoms with Crippen molar-refractivity contribution in [2.45, 2.75) is 39.0 Å². The second kappa shape index (κ2) is 6.95. The molecule has 15 heavy (non-hydrogen) atoms. The largest absolute Gasteiger partial charge is 0.398 e. The van der Waals surface area contributed by atoms with E-state index in [1.807, 2.05) is 24.3 Å². The zero-order chi connectivity index (χ0) is 10.9. The number of benzene rings is 1. The second-order valence-electron chi connectivity index (χ2n) is 3.69. The number of anilines is 1. The van der Waals surface area contributed by atoms with Crippen LogP contribution in [0.4, 0.5) is 5.69 Å². The quantitative estimate of drug-likeness (QED) is 0.451. The Balaban J connectivity index is 2.33. The van der Waals surface area contributed by atoms with Gasteiger partial charge < -0.3 is 5.73 Å². The molecule has 0 heterocycles. The molecule has 0 aliphatic carbocycles. The van der Waals surface area contributed by atoms with Crippen LogP contribution in [0.2, 0.25) is 0 Å². The van der Waals surface area contributed by atoms with Gasteiger partial charge in [-0.3, -0.25) is 0 Å². The zero-order valence-electron chi connectivity index (χ0n) is 9.42. The van der Waals surface area contributed by atoms with Crippen molar-refractivity contribution >= 4 is 5.69 Å². The molecule has 0 saturated heterocycles. The molecule has 0 radical (unpaired) electrons. The molecule has 1 rings (SSSR count). The maximum Gasteiger partial charge on any atom is 0.0360 e. The van der Waals surface area contributed by atoms with Crippen LogP contribution in [0, 0.1) is 11.8 Å². The average Bonchev–Trinajstić information content (AvgIpc) is 2.25. The van der Waals surface area contributed by atoms with Gasteiger partial charge in [0.05, 0.1) is 0 Å². The van der Waals surface area contributed by atoms with Gasteiger partial charge in [0.25, 0.3) is 0 Å². The molecule has 0 aliphatic rings. The van der Waals surface area contributed by atoms with Gasteiger partial charge in [-0.05, 0) is 18.1 Å². The zero-order valence-corrected chi connectivity index (χ0v) is 9.42. The Morgan fingerprint density at radius 1 is 1.13 bits per heavy atom. The predicted molar refractivity (Wildman–Crippen MR) is 66.5 cm³/mol. The molecule has 1 heteroatoms. The third-order valence-electron chi connectivity index (χ3n) is 2.36. The van der Waals surface area contributed by atoms with E-state index >= 15 is 0 Å². The second-order valence-corrected chi connectivity index (χ2v) is 3.69. The van der Waals surface area contributed by atoms with Gasteiger partial charge in [-0.15, -0.1) is 5.92 Å². The Morgan fingerprint density at radius 3 is 2.67 bits per heavy atom. The van der Waals surface area contributed by atoms with Crippen LogP contribution in [0.15, 0.2) is 24.3 Å². The topological polar surface area (TPSA) is 26.0 Å². The molecule has 0 fully saturated rings. The van der Waals surface area contributed by atoms with E-state index in [1.54, 1.807) is 0 Å². The summed E-state index contributed by atoms with van der Waals surface area (Å²) in [6, 6.07) is 7.92. The maximum atomic E-state index is 5.82. The summed E-state index contributed by atoms with van der Waals surface area (Å²) in [7, 11) is 0. The van der Waals surface area contributed by atoms with Gasteiger partial charge >= 0.3 is 0 Å². The highest BCUT2D eigenvalue weighted by atomic mass is 14.5. The summed E-state index contributed by atoms with van der Waals surface area (Å²) < 4.78 is 0. The Kier molecular flexibility index (Phi) is 5.40. The highest BCUT2D eigenvalue weighted by molar-refractivity contribution is 5.47. The van der Waals surface area contributed by atoms with Crippen molar-refractivity contribution in [3.8, 4) is 11.8 Å². The van der Waals surface area contributed by atoms with Crippen LogP contribution >= 0.6 is 0 Å². The number of nitrogen functional groups attached to an aromatic ring is 1. The number of hydrogen-bond acceptors (Lipinski definition) is 1. The molecule has 0 saturated carbocycles. The van der Waals surface area contributed by atoms with Gasteiger partial charge in [0, 0.05) is 18.5 Å². The van der Waals surface area contributed by atoms with Gasteiger partial charge in [0.1, 0.15) is 0 Å². The molecule has 1 aromatic rings. The Hall–Kier alpha value is -1.42. The van der Waals surface area contributed by atoms with E-state index in [-0.39, 0.29) is 0 Å². The molecular formula is C14H19N. The predicted octanol–water partition coefficient (Wildman–Crippen LogP) is 3.40. The third-order valence-corrected chi connectivity index (χ3v) is 2.36. The minimum Gasteiger partial charge on any atom is -0.398 e. The average molecular weight is 201 g/mol. The molecule has 0 atom stereocenters. The lowest BCUT2D eigenvalue weighted by atomic mass is 10.1. The normalized spacial score (nSPS) is 9.40. The standard InChI is InChI=1S/C14H19N/c1-2-3-4-5-6-7-10-13-11-8-9-12-14(13)15/h8-9,11-12H,2-5,10,15H2,1H3. The van der Waals surface area contributed by atoms with E-state index in [2.05, 4.69) is 18.8 Å². The van der Waals surface area contributed by atoms with Crippen LogP contribution < -0.4 is 5.73 Å². The summed E-state index contributed by atoms with van der Waals surface area (Å²) in [6.45, 7) is 2.21. The lowest BCUT2D eigenvalue weighted by Crippen LogP contribution is -1.91. The van der Waals surface area contributed by atoms with E-state index in [1.165, 1.54) is 19.3 Å². The summed E-state index contributed by atoms with van der Waals surface area (Å²) in [5.74, 6) is 6.36. The molecule has 0 aromatic heterocycles. The van der Waals surface area contributed by atoms with Crippen LogP contribution in [0.25, 0.3) is 0 Å². The van der Waals surface area contributed by atoms with E-state index in [0.717, 1.165) is 24.1 Å². The number of rotatable bonds is 4. The van der Waals surface area contributed by atoms with Gasteiger partial charge in [0.15, 0.2) is 0 Å². The number of nitrogens with two attached hydrogens (primary N) is 1. The van der Waals surface area contributed by atoms with Gasteiger partial charge in [-0.1, -0.05) is 43.9 Å². The number of unbranched alkanes of at least 4 members (excludes halogenated alkanes) is 3. The van der Waals surface area contributed by atoms with Crippen molar-refractivity contribution in [3.63, 3.8) is 0 Å². The van der Waals surface area contributed by atoms with Crippen molar-refractivity contribution in [2.24, 2.45) is 0 Å². The first-order chi connectivity index (χ1) is 7.34.